The van der Waals surface area contributed by atoms with E-state index in [9.17, 15) is 5.11 Å². The number of ether oxygens (including phenoxy) is 1. The van der Waals surface area contributed by atoms with E-state index in [4.69, 9.17) is 4.74 Å². The molecule has 1 fully saturated rings. The number of aliphatic hydroxyl groups is 1. The summed E-state index contributed by atoms with van der Waals surface area (Å²) in [5.74, 6) is 0. The summed E-state index contributed by atoms with van der Waals surface area (Å²) in [5, 5.41) is 12.5. The van der Waals surface area contributed by atoms with Crippen LogP contribution >= 0.6 is 0 Å². The Kier molecular flexibility index (Phi) is 4.52. The highest BCUT2D eigenvalue weighted by Crippen LogP contribution is 2.14. The first kappa shape index (κ1) is 12.9. The highest BCUT2D eigenvalue weighted by molar-refractivity contribution is 4.87. The fourth-order valence-corrected chi connectivity index (χ4v) is 2.12. The van der Waals surface area contributed by atoms with E-state index in [1.807, 2.05) is 14.0 Å². The average Bonchev–Trinajstić information content (AvgIpc) is 2.16. The van der Waals surface area contributed by atoms with Crippen LogP contribution in [-0.4, -0.2) is 61.0 Å². The summed E-state index contributed by atoms with van der Waals surface area (Å²) in [6.45, 7) is 9.14. The van der Waals surface area contributed by atoms with Crippen molar-refractivity contribution < 1.29 is 9.84 Å². The van der Waals surface area contributed by atoms with E-state index in [1.54, 1.807) is 0 Å². The first-order chi connectivity index (χ1) is 6.99. The lowest BCUT2D eigenvalue weighted by Crippen LogP contribution is -2.56. The summed E-state index contributed by atoms with van der Waals surface area (Å²) in [7, 11) is 1.89. The molecule has 0 bridgehead atoms. The maximum Gasteiger partial charge on any atom is 0.0678 e. The molecule has 2 N–H and O–H groups in total. The number of rotatable bonds is 4. The summed E-state index contributed by atoms with van der Waals surface area (Å²) in [5.41, 5.74) is -0.212. The number of aliphatic hydroxyl groups excluding tert-OH is 1. The largest absolute Gasteiger partial charge is 0.394 e. The third-order valence-electron chi connectivity index (χ3n) is 3.02. The molecular weight excluding hydrogens is 192 g/mol. The Labute approximate surface area is 92.6 Å². The van der Waals surface area contributed by atoms with Gasteiger partial charge < -0.3 is 15.2 Å². The molecule has 0 aromatic heterocycles. The standard InChI is InChI=1S/C11H24N2O2/c1-9-5-13(6-10(2)15-9)7-11(3,8-14)12-4/h9-10,12,14H,5-8H2,1-4H3. The lowest BCUT2D eigenvalue weighted by Gasteiger charge is -2.40. The molecule has 1 rings (SSSR count). The smallest absolute Gasteiger partial charge is 0.0678 e. The minimum Gasteiger partial charge on any atom is -0.394 e. The molecule has 0 aromatic rings. The van der Waals surface area contributed by atoms with Crippen LogP contribution < -0.4 is 5.32 Å². The average molecular weight is 216 g/mol. The molecule has 0 aliphatic carbocycles. The zero-order valence-electron chi connectivity index (χ0n) is 10.3. The van der Waals surface area contributed by atoms with Gasteiger partial charge in [-0.15, -0.1) is 0 Å². The van der Waals surface area contributed by atoms with Gasteiger partial charge in [-0.25, -0.2) is 0 Å². The zero-order chi connectivity index (χ0) is 11.5. The highest BCUT2D eigenvalue weighted by Gasteiger charge is 2.29. The molecule has 4 nitrogen and oxygen atoms in total. The summed E-state index contributed by atoms with van der Waals surface area (Å²) < 4.78 is 5.67. The van der Waals surface area contributed by atoms with Gasteiger partial charge in [0.25, 0.3) is 0 Å². The second-order valence-corrected chi connectivity index (χ2v) is 4.92. The van der Waals surface area contributed by atoms with Gasteiger partial charge in [0.2, 0.25) is 0 Å². The number of likely N-dealkylation sites (N-methyl/N-ethyl adjacent to an activating group) is 1. The van der Waals surface area contributed by atoms with Gasteiger partial charge in [-0.1, -0.05) is 0 Å². The van der Waals surface area contributed by atoms with Crippen LogP contribution in [0.3, 0.4) is 0 Å². The molecule has 0 saturated carbocycles. The van der Waals surface area contributed by atoms with E-state index < -0.39 is 0 Å². The van der Waals surface area contributed by atoms with Crippen molar-refractivity contribution in [2.45, 2.75) is 38.5 Å². The van der Waals surface area contributed by atoms with Crippen molar-refractivity contribution >= 4 is 0 Å². The minimum atomic E-state index is -0.212. The van der Waals surface area contributed by atoms with Gasteiger partial charge in [0.15, 0.2) is 0 Å². The molecule has 0 amide bonds. The first-order valence-electron chi connectivity index (χ1n) is 5.66. The van der Waals surface area contributed by atoms with Crippen LogP contribution in [0.5, 0.6) is 0 Å². The molecule has 1 aliphatic heterocycles. The molecule has 4 heteroatoms. The van der Waals surface area contributed by atoms with Gasteiger partial charge in [0.05, 0.1) is 24.4 Å². The van der Waals surface area contributed by atoms with Crippen LogP contribution in [0.1, 0.15) is 20.8 Å². The molecule has 0 aromatic carbocycles. The van der Waals surface area contributed by atoms with Crippen LogP contribution in [0.2, 0.25) is 0 Å². The fourth-order valence-electron chi connectivity index (χ4n) is 2.12. The Bertz CT molecular complexity index is 185. The third-order valence-corrected chi connectivity index (χ3v) is 3.02. The lowest BCUT2D eigenvalue weighted by atomic mass is 10.0. The van der Waals surface area contributed by atoms with E-state index in [-0.39, 0.29) is 24.4 Å². The molecule has 90 valence electrons. The van der Waals surface area contributed by atoms with Gasteiger partial charge in [-0.2, -0.15) is 0 Å². The molecule has 1 aliphatic rings. The third kappa shape index (κ3) is 3.72. The lowest BCUT2D eigenvalue weighted by molar-refractivity contribution is -0.0753. The molecule has 0 spiro atoms. The molecule has 0 radical (unpaired) electrons. The SMILES string of the molecule is CNC(C)(CO)CN1CC(C)OC(C)C1. The van der Waals surface area contributed by atoms with Crippen LogP contribution in [0.25, 0.3) is 0 Å². The second-order valence-electron chi connectivity index (χ2n) is 4.92. The normalized spacial score (nSPS) is 32.6. The summed E-state index contributed by atoms with van der Waals surface area (Å²) in [6, 6.07) is 0. The molecule has 3 unspecified atom stereocenters. The van der Waals surface area contributed by atoms with E-state index in [2.05, 4.69) is 24.1 Å². The van der Waals surface area contributed by atoms with Crippen molar-refractivity contribution in [2.24, 2.45) is 0 Å². The van der Waals surface area contributed by atoms with Crippen LogP contribution in [-0.2, 0) is 4.74 Å². The Morgan fingerprint density at radius 2 is 1.93 bits per heavy atom. The second kappa shape index (κ2) is 5.25. The Morgan fingerprint density at radius 3 is 2.33 bits per heavy atom. The van der Waals surface area contributed by atoms with Gasteiger partial charge in [0.1, 0.15) is 0 Å². The van der Waals surface area contributed by atoms with Gasteiger partial charge in [-0.3, -0.25) is 4.90 Å². The quantitative estimate of drug-likeness (QED) is 0.698. The van der Waals surface area contributed by atoms with E-state index in [1.165, 1.54) is 0 Å². The predicted molar refractivity (Wildman–Crippen MR) is 61.0 cm³/mol. The zero-order valence-corrected chi connectivity index (χ0v) is 10.3. The van der Waals surface area contributed by atoms with Crippen molar-refractivity contribution in [3.8, 4) is 0 Å². The number of hydrogen-bond donors (Lipinski definition) is 2. The Balaban J connectivity index is 2.49. The van der Waals surface area contributed by atoms with Crippen LogP contribution in [0, 0.1) is 0 Å². The van der Waals surface area contributed by atoms with Crippen molar-refractivity contribution in [1.82, 2.24) is 10.2 Å². The summed E-state index contributed by atoms with van der Waals surface area (Å²) in [4.78, 5) is 2.35. The Hall–Kier alpha value is -0.160. The predicted octanol–water partition coefficient (Wildman–Crippen LogP) is 0.0660. The van der Waals surface area contributed by atoms with E-state index in [0.717, 1.165) is 19.6 Å². The summed E-state index contributed by atoms with van der Waals surface area (Å²) >= 11 is 0. The van der Waals surface area contributed by atoms with Gasteiger partial charge in [0, 0.05) is 19.6 Å². The molecule has 1 heterocycles. The maximum absolute atomic E-state index is 9.33. The fraction of sp³-hybridized carbons (Fsp3) is 1.00. The first-order valence-corrected chi connectivity index (χ1v) is 5.66. The van der Waals surface area contributed by atoms with Crippen LogP contribution in [0.4, 0.5) is 0 Å². The van der Waals surface area contributed by atoms with Crippen molar-refractivity contribution in [3.63, 3.8) is 0 Å². The Morgan fingerprint density at radius 1 is 1.40 bits per heavy atom. The number of morpholine rings is 1. The molecule has 15 heavy (non-hydrogen) atoms. The number of hydrogen-bond acceptors (Lipinski definition) is 4. The summed E-state index contributed by atoms with van der Waals surface area (Å²) in [6.07, 6.45) is 0.571. The molecular formula is C11H24N2O2. The topological polar surface area (TPSA) is 44.7 Å². The van der Waals surface area contributed by atoms with Crippen molar-refractivity contribution in [3.05, 3.63) is 0 Å². The van der Waals surface area contributed by atoms with Crippen molar-refractivity contribution in [1.29, 1.82) is 0 Å². The minimum absolute atomic E-state index is 0.156. The molecule has 3 atom stereocenters. The van der Waals surface area contributed by atoms with Crippen molar-refractivity contribution in [2.75, 3.05) is 33.3 Å². The van der Waals surface area contributed by atoms with Crippen LogP contribution in [0.15, 0.2) is 0 Å². The number of nitrogens with one attached hydrogen (secondary N) is 1. The number of nitrogens with zero attached hydrogens (tertiary/aromatic N) is 1. The van der Waals surface area contributed by atoms with E-state index in [0.29, 0.717) is 0 Å². The monoisotopic (exact) mass is 216 g/mol. The highest BCUT2D eigenvalue weighted by atomic mass is 16.5. The molecule has 1 saturated heterocycles. The van der Waals surface area contributed by atoms with E-state index >= 15 is 0 Å². The maximum atomic E-state index is 9.33. The van der Waals surface area contributed by atoms with Gasteiger partial charge >= 0.3 is 0 Å². The van der Waals surface area contributed by atoms with Gasteiger partial charge in [-0.05, 0) is 27.8 Å².